The van der Waals surface area contributed by atoms with Gasteiger partial charge in [0, 0.05) is 17.3 Å². The molecule has 1 aromatic carbocycles. The molecule has 6 nitrogen and oxygen atoms in total. The molecule has 22 heavy (non-hydrogen) atoms. The van der Waals surface area contributed by atoms with Gasteiger partial charge in [-0.3, -0.25) is 4.68 Å². The van der Waals surface area contributed by atoms with Crippen molar-refractivity contribution in [2.45, 2.75) is 6.54 Å². The fraction of sp³-hybridized carbons (Fsp3) is 0.0625. The van der Waals surface area contributed by atoms with Crippen molar-refractivity contribution in [3.63, 3.8) is 0 Å². The first-order valence-electron chi connectivity index (χ1n) is 6.70. The van der Waals surface area contributed by atoms with Crippen LogP contribution in [0.1, 0.15) is 16.1 Å². The Bertz CT molecular complexity index is 812. The predicted molar refractivity (Wildman–Crippen MR) is 82.4 cm³/mol. The zero-order valence-electron chi connectivity index (χ0n) is 11.7. The monoisotopic (exact) mass is 294 g/mol. The molecule has 6 heteroatoms. The maximum absolute atomic E-state index is 11.3. The molecule has 3 N–H and O–H groups in total. The van der Waals surface area contributed by atoms with Crippen LogP contribution in [0.25, 0.3) is 11.1 Å². The lowest BCUT2D eigenvalue weighted by Crippen LogP contribution is -2.05. The number of carbonyl (C=O) groups is 1. The van der Waals surface area contributed by atoms with E-state index in [1.54, 1.807) is 29.2 Å². The number of hydrogen-bond donors (Lipinski definition) is 2. The fourth-order valence-electron chi connectivity index (χ4n) is 2.23. The predicted octanol–water partition coefficient (Wildman–Crippen LogP) is 2.27. The van der Waals surface area contributed by atoms with Gasteiger partial charge in [0.2, 0.25) is 0 Å². The Kier molecular flexibility index (Phi) is 3.57. The van der Waals surface area contributed by atoms with E-state index in [-0.39, 0.29) is 11.5 Å². The Balaban J connectivity index is 1.93. The molecule has 3 rings (SSSR count). The summed E-state index contributed by atoms with van der Waals surface area (Å²) in [5.41, 5.74) is 7.80. The van der Waals surface area contributed by atoms with Crippen LogP contribution in [0.3, 0.4) is 0 Å². The summed E-state index contributed by atoms with van der Waals surface area (Å²) in [7, 11) is 0. The van der Waals surface area contributed by atoms with Gasteiger partial charge in [-0.2, -0.15) is 5.10 Å². The van der Waals surface area contributed by atoms with Crippen LogP contribution in [0.15, 0.2) is 54.9 Å². The number of hydrogen-bond acceptors (Lipinski definition) is 4. The molecule has 0 amide bonds. The molecule has 110 valence electrons. The summed E-state index contributed by atoms with van der Waals surface area (Å²) < 4.78 is 1.76. The molecule has 0 spiro atoms. The van der Waals surface area contributed by atoms with Crippen molar-refractivity contribution in [1.29, 1.82) is 0 Å². The van der Waals surface area contributed by atoms with Crippen LogP contribution in [0.4, 0.5) is 5.82 Å². The normalized spacial score (nSPS) is 10.5. The summed E-state index contributed by atoms with van der Waals surface area (Å²) >= 11 is 0. The molecule has 0 aliphatic carbocycles. The van der Waals surface area contributed by atoms with Crippen LogP contribution < -0.4 is 5.73 Å². The number of benzene rings is 1. The zero-order chi connectivity index (χ0) is 15.5. The minimum absolute atomic E-state index is 0.0701. The Hall–Kier alpha value is -3.15. The molecule has 0 aliphatic rings. The van der Waals surface area contributed by atoms with E-state index in [4.69, 9.17) is 5.73 Å². The van der Waals surface area contributed by atoms with Crippen molar-refractivity contribution in [2.75, 3.05) is 5.73 Å². The molecular formula is C16H14N4O2. The lowest BCUT2D eigenvalue weighted by Gasteiger charge is -2.04. The largest absolute Gasteiger partial charge is 0.476 e. The van der Waals surface area contributed by atoms with Crippen molar-refractivity contribution in [3.8, 4) is 11.1 Å². The highest BCUT2D eigenvalue weighted by molar-refractivity contribution is 5.94. The van der Waals surface area contributed by atoms with Gasteiger partial charge in [0.1, 0.15) is 5.82 Å². The molecule has 2 aromatic heterocycles. The van der Waals surface area contributed by atoms with E-state index < -0.39 is 5.97 Å². The number of nitrogens with zero attached hydrogens (tertiary/aromatic N) is 3. The minimum atomic E-state index is -1.11. The number of pyridine rings is 1. The Morgan fingerprint density at radius 2 is 1.95 bits per heavy atom. The highest BCUT2D eigenvalue weighted by Crippen LogP contribution is 2.23. The number of carboxylic acid groups (broad SMARTS) is 1. The van der Waals surface area contributed by atoms with Crippen LogP contribution in [0, 0.1) is 0 Å². The van der Waals surface area contributed by atoms with E-state index in [1.807, 2.05) is 30.3 Å². The number of aromatic nitrogens is 3. The second kappa shape index (κ2) is 5.69. The molecule has 0 fully saturated rings. The number of nitrogen functional groups attached to an aromatic ring is 1. The number of rotatable bonds is 4. The Labute approximate surface area is 126 Å². The maximum Gasteiger partial charge on any atom is 0.355 e. The van der Waals surface area contributed by atoms with Crippen LogP contribution in [-0.4, -0.2) is 25.8 Å². The average molecular weight is 294 g/mol. The van der Waals surface area contributed by atoms with Gasteiger partial charge in [0.15, 0.2) is 5.69 Å². The van der Waals surface area contributed by atoms with Gasteiger partial charge in [-0.25, -0.2) is 9.78 Å². The first-order valence-corrected chi connectivity index (χ1v) is 6.70. The molecule has 0 aliphatic heterocycles. The molecule has 2 heterocycles. The third-order valence-corrected chi connectivity index (χ3v) is 3.25. The van der Waals surface area contributed by atoms with Crippen molar-refractivity contribution < 1.29 is 9.90 Å². The van der Waals surface area contributed by atoms with Gasteiger partial charge < -0.3 is 10.8 Å². The second-order valence-corrected chi connectivity index (χ2v) is 4.85. The van der Waals surface area contributed by atoms with Gasteiger partial charge >= 0.3 is 5.97 Å². The maximum atomic E-state index is 11.3. The van der Waals surface area contributed by atoms with Gasteiger partial charge in [0.25, 0.3) is 0 Å². The molecule has 0 saturated carbocycles. The lowest BCUT2D eigenvalue weighted by atomic mass is 10.1. The molecular weight excluding hydrogens is 280 g/mol. The van der Waals surface area contributed by atoms with E-state index in [2.05, 4.69) is 10.1 Å². The molecule has 0 unspecified atom stereocenters. The third-order valence-electron chi connectivity index (χ3n) is 3.25. The van der Waals surface area contributed by atoms with Gasteiger partial charge in [0.05, 0.1) is 12.7 Å². The highest BCUT2D eigenvalue weighted by Gasteiger charge is 2.15. The second-order valence-electron chi connectivity index (χ2n) is 4.85. The first-order chi connectivity index (χ1) is 10.6. The zero-order valence-corrected chi connectivity index (χ0v) is 11.7. The highest BCUT2D eigenvalue weighted by atomic mass is 16.4. The fourth-order valence-corrected chi connectivity index (χ4v) is 2.23. The van der Waals surface area contributed by atoms with Crippen LogP contribution >= 0.6 is 0 Å². The summed E-state index contributed by atoms with van der Waals surface area (Å²) in [6.45, 7) is 0.617. The van der Waals surface area contributed by atoms with Gasteiger partial charge in [-0.15, -0.1) is 0 Å². The van der Waals surface area contributed by atoms with Gasteiger partial charge in [-0.1, -0.05) is 30.3 Å². The summed E-state index contributed by atoms with van der Waals surface area (Å²) in [5, 5.41) is 13.5. The van der Waals surface area contributed by atoms with Gasteiger partial charge in [-0.05, 0) is 17.7 Å². The summed E-state index contributed by atoms with van der Waals surface area (Å²) in [6, 6.07) is 13.1. The molecule has 3 aromatic rings. The quantitative estimate of drug-likeness (QED) is 0.769. The van der Waals surface area contributed by atoms with E-state index in [9.17, 15) is 9.90 Å². The number of carboxylic acids is 1. The molecule has 0 saturated heterocycles. The van der Waals surface area contributed by atoms with E-state index in [1.165, 1.54) is 0 Å². The van der Waals surface area contributed by atoms with Crippen molar-refractivity contribution >= 4 is 11.8 Å². The van der Waals surface area contributed by atoms with Crippen molar-refractivity contribution in [3.05, 3.63) is 66.1 Å². The van der Waals surface area contributed by atoms with Crippen molar-refractivity contribution in [1.82, 2.24) is 14.8 Å². The van der Waals surface area contributed by atoms with Crippen LogP contribution in [-0.2, 0) is 6.54 Å². The van der Waals surface area contributed by atoms with E-state index in [0.717, 1.165) is 5.56 Å². The van der Waals surface area contributed by atoms with E-state index in [0.29, 0.717) is 17.7 Å². The van der Waals surface area contributed by atoms with Crippen molar-refractivity contribution in [2.24, 2.45) is 0 Å². The average Bonchev–Trinajstić information content (AvgIpc) is 2.96. The summed E-state index contributed by atoms with van der Waals surface area (Å²) in [6.07, 6.45) is 3.43. The smallest absolute Gasteiger partial charge is 0.355 e. The van der Waals surface area contributed by atoms with E-state index >= 15 is 0 Å². The first kappa shape index (κ1) is 13.8. The summed E-state index contributed by atoms with van der Waals surface area (Å²) in [5.74, 6) is -0.934. The number of anilines is 1. The van der Waals surface area contributed by atoms with Crippen LogP contribution in [0.2, 0.25) is 0 Å². The number of nitrogens with two attached hydrogens (primary N) is 1. The SMILES string of the molecule is Nc1ccc(-c2cnn(Cc3ccccc3)c2)c(C(=O)O)n1. The standard InChI is InChI=1S/C16H14N4O2/c17-14-7-6-13(15(19-14)16(21)22)12-8-18-20(10-12)9-11-4-2-1-3-5-11/h1-8,10H,9H2,(H2,17,19)(H,21,22). The molecule has 0 bridgehead atoms. The minimum Gasteiger partial charge on any atom is -0.476 e. The molecule has 0 atom stereocenters. The third kappa shape index (κ3) is 2.80. The van der Waals surface area contributed by atoms with Crippen LogP contribution in [0.5, 0.6) is 0 Å². The molecule has 0 radical (unpaired) electrons. The topological polar surface area (TPSA) is 94.0 Å². The Morgan fingerprint density at radius 1 is 1.18 bits per heavy atom. The lowest BCUT2D eigenvalue weighted by molar-refractivity contribution is 0.0691. The number of aromatic carboxylic acids is 1. The summed E-state index contributed by atoms with van der Waals surface area (Å²) in [4.78, 5) is 15.2. The Morgan fingerprint density at radius 3 is 2.68 bits per heavy atom.